The van der Waals surface area contributed by atoms with Crippen LogP contribution in [-0.2, 0) is 5.41 Å². The Morgan fingerprint density at radius 3 is 1.71 bits per heavy atom. The molecule has 274 valence electrons. The van der Waals surface area contributed by atoms with E-state index in [-0.39, 0.29) is 5.41 Å². The third-order valence-corrected chi connectivity index (χ3v) is 11.7. The van der Waals surface area contributed by atoms with Gasteiger partial charge in [-0.15, -0.1) is 0 Å². The summed E-state index contributed by atoms with van der Waals surface area (Å²) in [4.78, 5) is 15.5. The summed E-state index contributed by atoms with van der Waals surface area (Å²) in [6.45, 7) is 4.61. The highest BCUT2D eigenvalue weighted by atomic mass is 15.2. The highest BCUT2D eigenvalue weighted by Crippen LogP contribution is 2.49. The molecule has 11 rings (SSSR count). The minimum Gasteiger partial charge on any atom is -0.231 e. The molecular formula is C53H37N5. The smallest absolute Gasteiger partial charge is 0.164 e. The van der Waals surface area contributed by atoms with Crippen molar-refractivity contribution >= 4 is 16.3 Å². The van der Waals surface area contributed by atoms with Crippen molar-refractivity contribution < 1.29 is 0 Å². The number of hydrogen-bond acceptors (Lipinski definition) is 4. The van der Waals surface area contributed by atoms with Crippen molar-refractivity contribution in [2.45, 2.75) is 19.3 Å². The van der Waals surface area contributed by atoms with E-state index in [2.05, 4.69) is 182 Å². The largest absolute Gasteiger partial charge is 0.231 e. The van der Waals surface area contributed by atoms with E-state index >= 15 is 0 Å². The first kappa shape index (κ1) is 33.8. The third-order valence-electron chi connectivity index (χ3n) is 11.7. The summed E-state index contributed by atoms with van der Waals surface area (Å²) in [5.74, 6) is 1.89. The van der Waals surface area contributed by atoms with Crippen LogP contribution in [0, 0.1) is 0 Å². The van der Waals surface area contributed by atoms with Crippen LogP contribution in [0.5, 0.6) is 0 Å². The van der Waals surface area contributed by atoms with Crippen LogP contribution < -0.4 is 0 Å². The molecule has 0 unspecified atom stereocenters. The molecule has 0 fully saturated rings. The van der Waals surface area contributed by atoms with E-state index in [0.29, 0.717) is 17.5 Å². The number of rotatable bonds is 6. The van der Waals surface area contributed by atoms with E-state index in [4.69, 9.17) is 20.1 Å². The van der Waals surface area contributed by atoms with E-state index < -0.39 is 0 Å². The molecule has 5 heteroatoms. The van der Waals surface area contributed by atoms with Crippen LogP contribution in [0.1, 0.15) is 25.0 Å². The standard InChI is InChI=1S/C53H37N5/c1-53(2)44-28-15-14-27-42(44)43-30-29-40(32-45(43)53)52-55-50(36-21-10-5-11-22-36)54-51(56-52)39-25-16-24-38(31-39)47-48(35-19-8-4-9-20-35)57-58-46(34-17-6-3-7-18-34)33-37-23-12-13-26-41(37)49(47)58/h3-33H,1-2H3. The first-order chi connectivity index (χ1) is 28.5. The second-order valence-electron chi connectivity index (χ2n) is 15.5. The zero-order chi connectivity index (χ0) is 38.8. The van der Waals surface area contributed by atoms with Crippen LogP contribution in [0.25, 0.3) is 95.2 Å². The summed E-state index contributed by atoms with van der Waals surface area (Å²) < 4.78 is 2.13. The number of nitrogens with zero attached hydrogens (tertiary/aromatic N) is 5. The normalized spacial score (nSPS) is 12.8. The fourth-order valence-electron chi connectivity index (χ4n) is 8.78. The molecular weight excluding hydrogens is 707 g/mol. The first-order valence-corrected chi connectivity index (χ1v) is 19.7. The number of hydrogen-bond donors (Lipinski definition) is 0. The van der Waals surface area contributed by atoms with E-state index in [9.17, 15) is 0 Å². The quantitative estimate of drug-likeness (QED) is 0.170. The predicted molar refractivity (Wildman–Crippen MR) is 236 cm³/mol. The minimum atomic E-state index is -0.149. The van der Waals surface area contributed by atoms with E-state index in [1.54, 1.807) is 0 Å². The Balaban J connectivity index is 1.13. The number of fused-ring (bicyclic) bond motifs is 6. The Bertz CT molecular complexity index is 3180. The van der Waals surface area contributed by atoms with Crippen molar-refractivity contribution in [3.63, 3.8) is 0 Å². The van der Waals surface area contributed by atoms with Crippen molar-refractivity contribution in [1.29, 1.82) is 0 Å². The van der Waals surface area contributed by atoms with Gasteiger partial charge in [0, 0.05) is 44.2 Å². The lowest BCUT2D eigenvalue weighted by Gasteiger charge is -2.21. The lowest BCUT2D eigenvalue weighted by molar-refractivity contribution is 0.660. The molecule has 3 heterocycles. The van der Waals surface area contributed by atoms with Gasteiger partial charge in [0.25, 0.3) is 0 Å². The summed E-state index contributed by atoms with van der Waals surface area (Å²) in [6, 6.07) is 66.0. The molecule has 0 amide bonds. The summed E-state index contributed by atoms with van der Waals surface area (Å²) in [6.07, 6.45) is 0. The Labute approximate surface area is 337 Å². The Morgan fingerprint density at radius 1 is 0.414 bits per heavy atom. The first-order valence-electron chi connectivity index (χ1n) is 19.7. The van der Waals surface area contributed by atoms with Crippen LogP contribution in [0.2, 0.25) is 0 Å². The molecule has 0 saturated carbocycles. The molecule has 0 bridgehead atoms. The van der Waals surface area contributed by atoms with Gasteiger partial charge in [0.15, 0.2) is 17.5 Å². The monoisotopic (exact) mass is 743 g/mol. The molecule has 3 aromatic heterocycles. The Kier molecular flexibility index (Phi) is 7.76. The molecule has 0 spiro atoms. The predicted octanol–water partition coefficient (Wildman–Crippen LogP) is 13.0. The third kappa shape index (κ3) is 5.47. The number of benzene rings is 7. The molecule has 5 nitrogen and oxygen atoms in total. The Hall–Kier alpha value is -7.50. The van der Waals surface area contributed by atoms with Gasteiger partial charge in [-0.3, -0.25) is 0 Å². The molecule has 58 heavy (non-hydrogen) atoms. The molecule has 0 atom stereocenters. The van der Waals surface area contributed by atoms with E-state index in [1.165, 1.54) is 22.3 Å². The zero-order valence-electron chi connectivity index (χ0n) is 32.1. The van der Waals surface area contributed by atoms with Gasteiger partial charge in [-0.25, -0.2) is 19.5 Å². The van der Waals surface area contributed by atoms with E-state index in [0.717, 1.165) is 66.6 Å². The maximum atomic E-state index is 5.43. The zero-order valence-corrected chi connectivity index (χ0v) is 32.1. The summed E-state index contributed by atoms with van der Waals surface area (Å²) in [5, 5.41) is 7.71. The highest BCUT2D eigenvalue weighted by Gasteiger charge is 2.35. The summed E-state index contributed by atoms with van der Waals surface area (Å²) in [7, 11) is 0. The van der Waals surface area contributed by atoms with Crippen LogP contribution in [0.4, 0.5) is 0 Å². The Morgan fingerprint density at radius 2 is 0.966 bits per heavy atom. The number of aromatic nitrogens is 5. The van der Waals surface area contributed by atoms with Crippen molar-refractivity contribution in [3.05, 3.63) is 199 Å². The molecule has 0 saturated heterocycles. The van der Waals surface area contributed by atoms with Gasteiger partial charge in [0.2, 0.25) is 0 Å². The van der Waals surface area contributed by atoms with Gasteiger partial charge < -0.3 is 0 Å². The van der Waals surface area contributed by atoms with Gasteiger partial charge in [0.1, 0.15) is 5.69 Å². The lowest BCUT2D eigenvalue weighted by atomic mass is 9.82. The maximum absolute atomic E-state index is 5.43. The fourth-order valence-corrected chi connectivity index (χ4v) is 8.78. The van der Waals surface area contributed by atoms with Crippen molar-refractivity contribution in [3.8, 4) is 78.9 Å². The second-order valence-corrected chi connectivity index (χ2v) is 15.5. The molecule has 0 N–H and O–H groups in total. The molecule has 0 aliphatic heterocycles. The van der Waals surface area contributed by atoms with Crippen LogP contribution >= 0.6 is 0 Å². The van der Waals surface area contributed by atoms with Crippen LogP contribution in [0.15, 0.2) is 188 Å². The average molecular weight is 744 g/mol. The van der Waals surface area contributed by atoms with Crippen LogP contribution in [0.3, 0.4) is 0 Å². The molecule has 10 aromatic rings. The lowest BCUT2D eigenvalue weighted by Crippen LogP contribution is -2.15. The second kappa shape index (κ2) is 13.3. The topological polar surface area (TPSA) is 56.0 Å². The molecule has 0 radical (unpaired) electrons. The van der Waals surface area contributed by atoms with Gasteiger partial charge in [-0.1, -0.05) is 184 Å². The van der Waals surface area contributed by atoms with Crippen molar-refractivity contribution in [2.24, 2.45) is 0 Å². The summed E-state index contributed by atoms with van der Waals surface area (Å²) in [5.41, 5.74) is 15.0. The fraction of sp³-hybridized carbons (Fsp3) is 0.0566. The van der Waals surface area contributed by atoms with Crippen molar-refractivity contribution in [1.82, 2.24) is 24.6 Å². The van der Waals surface area contributed by atoms with Crippen LogP contribution in [-0.4, -0.2) is 24.6 Å². The number of pyridine rings is 1. The van der Waals surface area contributed by atoms with Gasteiger partial charge in [-0.05, 0) is 51.4 Å². The summed E-state index contributed by atoms with van der Waals surface area (Å²) >= 11 is 0. The van der Waals surface area contributed by atoms with E-state index in [1.807, 2.05) is 24.3 Å². The van der Waals surface area contributed by atoms with Gasteiger partial charge >= 0.3 is 0 Å². The molecule has 1 aliphatic carbocycles. The SMILES string of the molecule is CC1(C)c2ccccc2-c2ccc(-c3nc(-c4ccccc4)nc(-c4cccc(-c5c(-c6ccccc6)nn6c(-c7ccccc7)cc7ccccc7c56)c4)n3)cc21. The highest BCUT2D eigenvalue weighted by molar-refractivity contribution is 6.08. The average Bonchev–Trinajstić information content (AvgIpc) is 3.80. The van der Waals surface area contributed by atoms with Gasteiger partial charge in [0.05, 0.1) is 11.2 Å². The van der Waals surface area contributed by atoms with Crippen molar-refractivity contribution in [2.75, 3.05) is 0 Å². The van der Waals surface area contributed by atoms with Gasteiger partial charge in [-0.2, -0.15) is 5.10 Å². The maximum Gasteiger partial charge on any atom is 0.164 e. The molecule has 1 aliphatic rings. The minimum absolute atomic E-state index is 0.149. The molecule has 7 aromatic carbocycles.